The molecule has 5 nitrogen and oxygen atoms in total. The van der Waals surface area contributed by atoms with Crippen LogP contribution in [0.1, 0.15) is 32.6 Å². The maximum Gasteiger partial charge on any atom is 0.209 e. The van der Waals surface area contributed by atoms with E-state index in [1.165, 1.54) is 0 Å². The van der Waals surface area contributed by atoms with E-state index < -0.39 is 10.0 Å². The van der Waals surface area contributed by atoms with Crippen LogP contribution in [0.2, 0.25) is 0 Å². The Labute approximate surface area is 126 Å². The third-order valence-corrected chi connectivity index (χ3v) is 4.87. The third-order valence-electron chi connectivity index (χ3n) is 3.85. The summed E-state index contributed by atoms with van der Waals surface area (Å²) in [7, 11) is -3.48. The van der Waals surface area contributed by atoms with Crippen LogP contribution in [0, 0.1) is 5.41 Å². The summed E-state index contributed by atoms with van der Waals surface area (Å²) in [6.45, 7) is 2.94. The largest absolute Gasteiger partial charge is 0.494 e. The van der Waals surface area contributed by atoms with Crippen LogP contribution in [0.15, 0.2) is 24.3 Å². The molecular formula is C15H23NO4S. The number of hydrogen-bond acceptors (Lipinski definition) is 4. The van der Waals surface area contributed by atoms with Gasteiger partial charge < -0.3 is 9.47 Å². The fraction of sp³-hybridized carbons (Fsp3) is 0.600. The van der Waals surface area contributed by atoms with Crippen LogP contribution in [-0.2, 0) is 10.0 Å². The summed E-state index contributed by atoms with van der Waals surface area (Å²) in [4.78, 5) is 0. The molecule has 0 aliphatic heterocycles. The van der Waals surface area contributed by atoms with Crippen molar-refractivity contribution in [1.29, 1.82) is 0 Å². The normalized spacial score (nSPS) is 17.6. The van der Waals surface area contributed by atoms with Crippen molar-refractivity contribution in [2.75, 3.05) is 19.0 Å². The van der Waals surface area contributed by atoms with Crippen molar-refractivity contribution in [1.82, 2.24) is 0 Å². The number of nitrogens with two attached hydrogens (primary N) is 1. The predicted octanol–water partition coefficient (Wildman–Crippen LogP) is 2.31. The zero-order valence-electron chi connectivity index (χ0n) is 12.4. The molecule has 6 heteroatoms. The lowest BCUT2D eigenvalue weighted by molar-refractivity contribution is 0.170. The van der Waals surface area contributed by atoms with Crippen LogP contribution in [0.25, 0.3) is 0 Å². The molecule has 0 heterocycles. The Hall–Kier alpha value is -1.27. The number of sulfonamides is 1. The molecule has 0 unspecified atom stereocenters. The monoisotopic (exact) mass is 313 g/mol. The molecule has 0 radical (unpaired) electrons. The van der Waals surface area contributed by atoms with Gasteiger partial charge in [-0.25, -0.2) is 13.6 Å². The molecule has 0 atom stereocenters. The molecule has 0 spiro atoms. The van der Waals surface area contributed by atoms with E-state index in [2.05, 4.69) is 0 Å². The first-order valence-corrected chi connectivity index (χ1v) is 9.00. The minimum Gasteiger partial charge on any atom is -0.494 e. The van der Waals surface area contributed by atoms with E-state index in [4.69, 9.17) is 14.6 Å². The maximum atomic E-state index is 11.4. The highest BCUT2D eigenvalue weighted by Gasteiger charge is 2.38. The second kappa shape index (κ2) is 6.66. The van der Waals surface area contributed by atoms with Gasteiger partial charge in [-0.15, -0.1) is 0 Å². The molecule has 0 amide bonds. The number of rotatable bonds is 7. The minimum absolute atomic E-state index is 0.00295. The molecule has 1 saturated carbocycles. The van der Waals surface area contributed by atoms with Gasteiger partial charge in [-0.05, 0) is 44.0 Å². The molecule has 1 aromatic rings. The van der Waals surface area contributed by atoms with Gasteiger partial charge in [0.15, 0.2) is 0 Å². The van der Waals surface area contributed by atoms with Crippen LogP contribution in [0.4, 0.5) is 0 Å². The summed E-state index contributed by atoms with van der Waals surface area (Å²) in [5.74, 6) is 1.51. The summed E-state index contributed by atoms with van der Waals surface area (Å²) in [6.07, 6.45) is 3.76. The van der Waals surface area contributed by atoms with E-state index in [-0.39, 0.29) is 11.2 Å². The lowest BCUT2D eigenvalue weighted by Crippen LogP contribution is -2.36. The molecule has 0 bridgehead atoms. The Balaban J connectivity index is 1.98. The maximum absolute atomic E-state index is 11.4. The number of benzene rings is 1. The Bertz CT molecular complexity index is 548. The average Bonchev–Trinajstić information content (AvgIpc) is 2.85. The molecule has 1 aliphatic rings. The van der Waals surface area contributed by atoms with Crippen molar-refractivity contribution in [3.63, 3.8) is 0 Å². The zero-order chi connectivity index (χ0) is 15.3. The molecule has 0 aromatic heterocycles. The quantitative estimate of drug-likeness (QED) is 0.838. The average molecular weight is 313 g/mol. The van der Waals surface area contributed by atoms with Gasteiger partial charge >= 0.3 is 0 Å². The first-order valence-electron chi connectivity index (χ1n) is 7.29. The van der Waals surface area contributed by atoms with Crippen LogP contribution in [0.5, 0.6) is 11.5 Å². The molecular weight excluding hydrogens is 290 g/mol. The molecule has 0 saturated heterocycles. The lowest BCUT2D eigenvalue weighted by Gasteiger charge is -2.27. The summed E-state index contributed by atoms with van der Waals surface area (Å²) in [6, 6.07) is 7.37. The van der Waals surface area contributed by atoms with Crippen molar-refractivity contribution >= 4 is 10.0 Å². The number of primary sulfonamides is 1. The number of ether oxygens (including phenoxy) is 2. The first kappa shape index (κ1) is 16.1. The van der Waals surface area contributed by atoms with Crippen molar-refractivity contribution in [2.45, 2.75) is 32.6 Å². The number of hydrogen-bond donors (Lipinski definition) is 1. The fourth-order valence-corrected chi connectivity index (χ4v) is 4.14. The molecule has 21 heavy (non-hydrogen) atoms. The van der Waals surface area contributed by atoms with E-state index in [9.17, 15) is 8.42 Å². The van der Waals surface area contributed by atoms with Crippen LogP contribution in [-0.4, -0.2) is 27.4 Å². The van der Waals surface area contributed by atoms with Gasteiger partial charge in [-0.3, -0.25) is 0 Å². The Morgan fingerprint density at radius 2 is 1.62 bits per heavy atom. The molecule has 1 aliphatic carbocycles. The smallest absolute Gasteiger partial charge is 0.209 e. The highest BCUT2D eigenvalue weighted by atomic mass is 32.2. The molecule has 2 N–H and O–H groups in total. The lowest BCUT2D eigenvalue weighted by atomic mass is 9.90. The van der Waals surface area contributed by atoms with Crippen LogP contribution in [0.3, 0.4) is 0 Å². The predicted molar refractivity (Wildman–Crippen MR) is 82.0 cm³/mol. The highest BCUT2D eigenvalue weighted by Crippen LogP contribution is 2.39. The van der Waals surface area contributed by atoms with E-state index >= 15 is 0 Å². The van der Waals surface area contributed by atoms with Gasteiger partial charge in [-0.1, -0.05) is 12.8 Å². The topological polar surface area (TPSA) is 78.6 Å². The van der Waals surface area contributed by atoms with Crippen molar-refractivity contribution in [2.24, 2.45) is 10.6 Å². The molecule has 1 fully saturated rings. The summed E-state index contributed by atoms with van der Waals surface area (Å²) in [5, 5.41) is 5.22. The second-order valence-corrected chi connectivity index (χ2v) is 7.32. The second-order valence-electron chi connectivity index (χ2n) is 5.71. The molecule has 1 aromatic carbocycles. The highest BCUT2D eigenvalue weighted by molar-refractivity contribution is 7.89. The van der Waals surface area contributed by atoms with E-state index in [0.717, 1.165) is 37.2 Å². The van der Waals surface area contributed by atoms with E-state index in [0.29, 0.717) is 13.2 Å². The Morgan fingerprint density at radius 3 is 2.10 bits per heavy atom. The summed E-state index contributed by atoms with van der Waals surface area (Å²) >= 11 is 0. The van der Waals surface area contributed by atoms with Gasteiger partial charge in [0.05, 0.1) is 19.0 Å². The zero-order valence-corrected chi connectivity index (χ0v) is 13.2. The van der Waals surface area contributed by atoms with Gasteiger partial charge in [0.25, 0.3) is 0 Å². The first-order chi connectivity index (χ1) is 9.92. The molecule has 118 valence electrons. The SMILES string of the molecule is CCOc1ccc(OCC2(CS(N)(=O)=O)CCCC2)cc1. The summed E-state index contributed by atoms with van der Waals surface area (Å²) in [5.41, 5.74) is -0.341. The van der Waals surface area contributed by atoms with Crippen LogP contribution < -0.4 is 14.6 Å². The van der Waals surface area contributed by atoms with Gasteiger partial charge in [0.1, 0.15) is 11.5 Å². The Morgan fingerprint density at radius 1 is 1.10 bits per heavy atom. The van der Waals surface area contributed by atoms with Crippen molar-refractivity contribution in [3.05, 3.63) is 24.3 Å². The summed E-state index contributed by atoms with van der Waals surface area (Å²) < 4.78 is 34.0. The van der Waals surface area contributed by atoms with Crippen molar-refractivity contribution in [3.8, 4) is 11.5 Å². The van der Waals surface area contributed by atoms with E-state index in [1.807, 2.05) is 31.2 Å². The minimum atomic E-state index is -3.48. The van der Waals surface area contributed by atoms with Crippen molar-refractivity contribution < 1.29 is 17.9 Å². The molecule has 2 rings (SSSR count). The Kier molecular flexibility index (Phi) is 5.11. The van der Waals surface area contributed by atoms with Crippen LogP contribution >= 0.6 is 0 Å². The fourth-order valence-electron chi connectivity index (χ4n) is 2.92. The standard InChI is InChI=1S/C15H23NO4S/c1-2-19-13-5-7-14(8-6-13)20-11-15(9-3-4-10-15)12-21(16,17)18/h5-8H,2-4,9-12H2,1H3,(H2,16,17,18). The van der Waals surface area contributed by atoms with Gasteiger partial charge in [0.2, 0.25) is 10.0 Å². The van der Waals surface area contributed by atoms with Gasteiger partial charge in [0, 0.05) is 5.41 Å². The third kappa shape index (κ3) is 4.89. The van der Waals surface area contributed by atoms with Gasteiger partial charge in [-0.2, -0.15) is 0 Å². The van der Waals surface area contributed by atoms with E-state index in [1.54, 1.807) is 0 Å².